The van der Waals surface area contributed by atoms with E-state index in [0.717, 1.165) is 3.57 Å². The van der Waals surface area contributed by atoms with Crippen LogP contribution in [-0.4, -0.2) is 16.9 Å². The molecule has 1 aromatic carbocycles. The minimum atomic E-state index is -0.314. The van der Waals surface area contributed by atoms with E-state index in [1.807, 2.05) is 13.8 Å². The lowest BCUT2D eigenvalue weighted by Gasteiger charge is -2.21. The van der Waals surface area contributed by atoms with Crippen LogP contribution in [0.1, 0.15) is 24.2 Å². The maximum Gasteiger partial charge on any atom is 0.251 e. The van der Waals surface area contributed by atoms with E-state index in [9.17, 15) is 4.79 Å². The number of hydrogen-bond donors (Lipinski definition) is 2. The van der Waals surface area contributed by atoms with Gasteiger partial charge in [0.15, 0.2) is 0 Å². The Morgan fingerprint density at radius 3 is 2.56 bits per heavy atom. The highest BCUT2D eigenvalue weighted by molar-refractivity contribution is 14.1. The summed E-state index contributed by atoms with van der Waals surface area (Å²) in [5.41, 5.74) is 6.11. The molecular formula is C12H14ClIN2OS. The number of nitrogens with two attached hydrogens (primary N) is 1. The van der Waals surface area contributed by atoms with Gasteiger partial charge in [0.05, 0.1) is 16.1 Å². The molecule has 1 amide bonds. The quantitative estimate of drug-likeness (QED) is 0.608. The Hall–Kier alpha value is -0.400. The molecular weight excluding hydrogens is 383 g/mol. The number of hydrogen-bond acceptors (Lipinski definition) is 2. The normalized spacial score (nSPS) is 12.3. The predicted molar refractivity (Wildman–Crippen MR) is 87.0 cm³/mol. The zero-order chi connectivity index (χ0) is 13.9. The molecule has 0 aliphatic heterocycles. The average Bonchev–Trinajstić information content (AvgIpc) is 2.28. The van der Waals surface area contributed by atoms with E-state index >= 15 is 0 Å². The third-order valence-corrected chi connectivity index (χ3v) is 4.27. The van der Waals surface area contributed by atoms with Gasteiger partial charge in [-0.2, -0.15) is 0 Å². The Labute approximate surface area is 131 Å². The molecule has 0 fully saturated rings. The van der Waals surface area contributed by atoms with Gasteiger partial charge in [-0.15, -0.1) is 0 Å². The lowest BCUT2D eigenvalue weighted by molar-refractivity contribution is 0.0940. The minimum Gasteiger partial charge on any atom is -0.392 e. The molecule has 0 spiro atoms. The van der Waals surface area contributed by atoms with E-state index < -0.39 is 0 Å². The predicted octanol–water partition coefficient (Wildman–Crippen LogP) is 2.99. The number of halogens is 2. The standard InChI is InChI=1S/C12H14ClIN2OS/c1-6(2)10(11(15)18)16-12(17)7-3-4-9(14)8(13)5-7/h3-6,10H,1-2H3,(H2,15,18)(H,16,17). The number of thiocarbonyl (C=S) groups is 1. The summed E-state index contributed by atoms with van der Waals surface area (Å²) >= 11 is 13.0. The summed E-state index contributed by atoms with van der Waals surface area (Å²) in [6, 6.07) is 4.84. The van der Waals surface area contributed by atoms with Crippen LogP contribution in [0, 0.1) is 9.49 Å². The monoisotopic (exact) mass is 396 g/mol. The molecule has 1 unspecified atom stereocenters. The molecule has 1 aromatic rings. The molecule has 0 saturated carbocycles. The molecule has 1 atom stereocenters. The molecule has 3 nitrogen and oxygen atoms in total. The van der Waals surface area contributed by atoms with Crippen LogP contribution in [0.2, 0.25) is 5.02 Å². The number of amides is 1. The highest BCUT2D eigenvalue weighted by Crippen LogP contribution is 2.19. The highest BCUT2D eigenvalue weighted by atomic mass is 127. The van der Waals surface area contributed by atoms with Gasteiger partial charge in [0.1, 0.15) is 0 Å². The van der Waals surface area contributed by atoms with Gasteiger partial charge in [0, 0.05) is 9.13 Å². The molecule has 1 rings (SSSR count). The van der Waals surface area contributed by atoms with Crippen LogP contribution in [0.25, 0.3) is 0 Å². The van der Waals surface area contributed by atoms with Crippen LogP contribution >= 0.6 is 46.4 Å². The number of carbonyl (C=O) groups excluding carboxylic acids is 1. The SMILES string of the molecule is CC(C)C(NC(=O)c1ccc(I)c(Cl)c1)C(N)=S. The Bertz CT molecular complexity index is 479. The van der Waals surface area contributed by atoms with E-state index in [4.69, 9.17) is 29.6 Å². The summed E-state index contributed by atoms with van der Waals surface area (Å²) in [5, 5.41) is 3.37. The van der Waals surface area contributed by atoms with Gasteiger partial charge in [-0.3, -0.25) is 4.79 Å². The minimum absolute atomic E-state index is 0.144. The smallest absolute Gasteiger partial charge is 0.251 e. The third kappa shape index (κ3) is 4.07. The van der Waals surface area contributed by atoms with Crippen molar-refractivity contribution in [3.8, 4) is 0 Å². The van der Waals surface area contributed by atoms with Crippen molar-refractivity contribution in [1.82, 2.24) is 5.32 Å². The maximum atomic E-state index is 12.0. The van der Waals surface area contributed by atoms with Crippen molar-refractivity contribution in [1.29, 1.82) is 0 Å². The van der Waals surface area contributed by atoms with E-state index in [2.05, 4.69) is 27.9 Å². The van der Waals surface area contributed by atoms with Crippen molar-refractivity contribution in [3.05, 3.63) is 32.4 Å². The fraction of sp³-hybridized carbons (Fsp3) is 0.333. The highest BCUT2D eigenvalue weighted by Gasteiger charge is 2.19. The molecule has 0 aliphatic carbocycles. The van der Waals surface area contributed by atoms with Crippen LogP contribution in [0.5, 0.6) is 0 Å². The second-order valence-electron chi connectivity index (χ2n) is 4.23. The second kappa shape index (κ2) is 6.68. The summed E-state index contributed by atoms with van der Waals surface area (Å²) < 4.78 is 0.903. The van der Waals surface area contributed by atoms with Crippen molar-refractivity contribution < 1.29 is 4.79 Å². The molecule has 98 valence electrons. The number of rotatable bonds is 4. The number of carbonyl (C=O) groups is 1. The van der Waals surface area contributed by atoms with E-state index in [1.165, 1.54) is 0 Å². The Morgan fingerprint density at radius 1 is 1.50 bits per heavy atom. The zero-order valence-electron chi connectivity index (χ0n) is 10.0. The van der Waals surface area contributed by atoms with Gasteiger partial charge in [-0.05, 0) is 46.7 Å². The molecule has 0 bridgehead atoms. The van der Waals surface area contributed by atoms with Gasteiger partial charge in [-0.1, -0.05) is 37.7 Å². The Kier molecular flexibility index (Phi) is 5.81. The Balaban J connectivity index is 2.87. The fourth-order valence-electron chi connectivity index (χ4n) is 1.43. The van der Waals surface area contributed by atoms with E-state index in [1.54, 1.807) is 18.2 Å². The van der Waals surface area contributed by atoms with Gasteiger partial charge >= 0.3 is 0 Å². The topological polar surface area (TPSA) is 55.1 Å². The third-order valence-electron chi connectivity index (χ3n) is 2.44. The molecule has 0 aliphatic rings. The summed E-state index contributed by atoms with van der Waals surface area (Å²) in [6.07, 6.45) is 0. The van der Waals surface area contributed by atoms with Crippen molar-refractivity contribution in [2.75, 3.05) is 0 Å². The first kappa shape index (κ1) is 15.7. The van der Waals surface area contributed by atoms with Gasteiger partial charge < -0.3 is 11.1 Å². The summed E-state index contributed by atoms with van der Waals surface area (Å²) in [4.78, 5) is 12.3. The van der Waals surface area contributed by atoms with Crippen molar-refractivity contribution in [2.45, 2.75) is 19.9 Å². The lowest BCUT2D eigenvalue weighted by atomic mass is 10.0. The number of nitrogens with one attached hydrogen (secondary N) is 1. The second-order valence-corrected chi connectivity index (χ2v) is 6.27. The summed E-state index contributed by atoms with van der Waals surface area (Å²) in [7, 11) is 0. The first-order valence-corrected chi connectivity index (χ1v) is 7.24. The van der Waals surface area contributed by atoms with Crippen LogP contribution in [0.3, 0.4) is 0 Å². The molecule has 0 aromatic heterocycles. The largest absolute Gasteiger partial charge is 0.392 e. The van der Waals surface area contributed by atoms with E-state index in [0.29, 0.717) is 10.6 Å². The molecule has 0 saturated heterocycles. The first-order chi connectivity index (χ1) is 8.32. The summed E-state index contributed by atoms with van der Waals surface area (Å²) in [5.74, 6) is -0.0782. The summed E-state index contributed by atoms with van der Waals surface area (Å²) in [6.45, 7) is 3.90. The van der Waals surface area contributed by atoms with Gasteiger partial charge in [-0.25, -0.2) is 0 Å². The first-order valence-electron chi connectivity index (χ1n) is 5.38. The van der Waals surface area contributed by atoms with Crippen molar-refractivity contribution in [3.63, 3.8) is 0 Å². The van der Waals surface area contributed by atoms with Crippen LogP contribution in [0.15, 0.2) is 18.2 Å². The fourth-order valence-corrected chi connectivity index (χ4v) is 2.28. The van der Waals surface area contributed by atoms with Crippen molar-refractivity contribution in [2.24, 2.45) is 11.7 Å². The zero-order valence-corrected chi connectivity index (χ0v) is 13.8. The van der Waals surface area contributed by atoms with Crippen molar-refractivity contribution >= 4 is 57.3 Å². The van der Waals surface area contributed by atoms with Crippen LogP contribution in [0.4, 0.5) is 0 Å². The average molecular weight is 397 g/mol. The molecule has 0 heterocycles. The van der Waals surface area contributed by atoms with Crippen LogP contribution < -0.4 is 11.1 Å². The Morgan fingerprint density at radius 2 is 2.11 bits per heavy atom. The maximum absolute atomic E-state index is 12.0. The lowest BCUT2D eigenvalue weighted by Crippen LogP contribution is -2.46. The molecule has 3 N–H and O–H groups in total. The van der Waals surface area contributed by atoms with E-state index in [-0.39, 0.29) is 22.9 Å². The molecule has 6 heteroatoms. The molecule has 18 heavy (non-hydrogen) atoms. The van der Waals surface area contributed by atoms with Gasteiger partial charge in [0.2, 0.25) is 0 Å². The number of benzene rings is 1. The van der Waals surface area contributed by atoms with Crippen LogP contribution in [-0.2, 0) is 0 Å². The van der Waals surface area contributed by atoms with Gasteiger partial charge in [0.25, 0.3) is 5.91 Å². The molecule has 0 radical (unpaired) electrons.